The predicted octanol–water partition coefficient (Wildman–Crippen LogP) is 2.87. The van der Waals surface area contributed by atoms with Crippen molar-refractivity contribution >= 4 is 15.9 Å². The van der Waals surface area contributed by atoms with Crippen LogP contribution in [-0.2, 0) is 21.2 Å². The third kappa shape index (κ3) is 3.01. The Balaban J connectivity index is 1.32. The first-order valence-electron chi connectivity index (χ1n) is 10.4. The quantitative estimate of drug-likeness (QED) is 0.779. The van der Waals surface area contributed by atoms with E-state index in [4.69, 9.17) is 0 Å². The minimum atomic E-state index is -3.38. The minimum Gasteiger partial charge on any atom is -0.340 e. The SMILES string of the molecule is O=C(C1CCCC1)N1CC(S(=O)(=O)N(C2CC2)C2CCc3ccccc32)C1. The number of hydrogen-bond donors (Lipinski definition) is 0. The third-order valence-electron chi connectivity index (χ3n) is 6.89. The molecule has 5 nitrogen and oxygen atoms in total. The number of hydrogen-bond acceptors (Lipinski definition) is 3. The van der Waals surface area contributed by atoms with E-state index in [0.29, 0.717) is 13.1 Å². The maximum Gasteiger partial charge on any atom is 0.225 e. The molecule has 0 N–H and O–H groups in total. The Labute approximate surface area is 161 Å². The van der Waals surface area contributed by atoms with Gasteiger partial charge in [-0.2, -0.15) is 4.31 Å². The molecule has 1 aromatic carbocycles. The molecule has 0 spiro atoms. The van der Waals surface area contributed by atoms with Crippen LogP contribution in [0.15, 0.2) is 24.3 Å². The molecule has 1 amide bonds. The largest absolute Gasteiger partial charge is 0.340 e. The van der Waals surface area contributed by atoms with Crippen LogP contribution in [0.25, 0.3) is 0 Å². The number of aryl methyl sites for hydroxylation is 1. The molecular weight excluding hydrogens is 360 g/mol. The number of benzene rings is 1. The summed E-state index contributed by atoms with van der Waals surface area (Å²) in [6.07, 6.45) is 7.97. The average molecular weight is 389 g/mol. The molecule has 0 bridgehead atoms. The van der Waals surface area contributed by atoms with Crippen LogP contribution in [0.3, 0.4) is 0 Å². The Morgan fingerprint density at radius 2 is 1.70 bits per heavy atom. The number of nitrogens with zero attached hydrogens (tertiary/aromatic N) is 2. The minimum absolute atomic E-state index is 0.0155. The zero-order valence-corrected chi connectivity index (χ0v) is 16.5. The van der Waals surface area contributed by atoms with Gasteiger partial charge in [0.1, 0.15) is 5.25 Å². The second kappa shape index (κ2) is 6.59. The molecule has 2 saturated carbocycles. The lowest BCUT2D eigenvalue weighted by Gasteiger charge is -2.43. The Hall–Kier alpha value is -1.40. The summed E-state index contributed by atoms with van der Waals surface area (Å²) in [5, 5.41) is -0.420. The van der Waals surface area contributed by atoms with Crippen molar-refractivity contribution in [3.05, 3.63) is 35.4 Å². The van der Waals surface area contributed by atoms with E-state index in [1.807, 2.05) is 16.4 Å². The van der Waals surface area contributed by atoms with Gasteiger partial charge >= 0.3 is 0 Å². The fraction of sp³-hybridized carbons (Fsp3) is 0.667. The molecule has 4 aliphatic rings. The van der Waals surface area contributed by atoms with Crippen LogP contribution >= 0.6 is 0 Å². The van der Waals surface area contributed by atoms with Gasteiger partial charge in [0, 0.05) is 25.0 Å². The van der Waals surface area contributed by atoms with Crippen molar-refractivity contribution in [1.29, 1.82) is 0 Å². The number of carbonyl (C=O) groups is 1. The Morgan fingerprint density at radius 1 is 1.00 bits per heavy atom. The van der Waals surface area contributed by atoms with Crippen LogP contribution in [-0.4, -0.2) is 47.9 Å². The zero-order valence-electron chi connectivity index (χ0n) is 15.7. The molecule has 146 valence electrons. The molecule has 1 heterocycles. The van der Waals surface area contributed by atoms with Gasteiger partial charge in [-0.05, 0) is 49.7 Å². The maximum atomic E-state index is 13.5. The standard InChI is InChI=1S/C21H28N2O3S/c24-21(16-6-1-2-7-16)22-13-18(14-22)27(25,26)23(17-10-11-17)20-12-9-15-5-3-4-8-19(15)20/h3-5,8,16-18,20H,1-2,6-7,9-14H2. The normalized spacial score (nSPS) is 26.4. The lowest BCUT2D eigenvalue weighted by Crippen LogP contribution is -2.61. The van der Waals surface area contributed by atoms with Gasteiger partial charge in [-0.1, -0.05) is 37.1 Å². The van der Waals surface area contributed by atoms with E-state index < -0.39 is 15.3 Å². The molecule has 0 radical (unpaired) electrons. The van der Waals surface area contributed by atoms with Gasteiger partial charge in [-0.15, -0.1) is 0 Å². The molecule has 3 fully saturated rings. The fourth-order valence-electron chi connectivity index (χ4n) is 5.18. The monoisotopic (exact) mass is 388 g/mol. The highest BCUT2D eigenvalue weighted by Gasteiger charge is 2.51. The summed E-state index contributed by atoms with van der Waals surface area (Å²) >= 11 is 0. The van der Waals surface area contributed by atoms with Crippen molar-refractivity contribution in [3.8, 4) is 0 Å². The molecule has 1 aromatic rings. The number of likely N-dealkylation sites (tertiary alicyclic amines) is 1. The molecule has 1 saturated heterocycles. The molecule has 6 heteroatoms. The van der Waals surface area contributed by atoms with E-state index in [1.54, 1.807) is 4.90 Å². The summed E-state index contributed by atoms with van der Waals surface area (Å²) < 4.78 is 28.8. The topological polar surface area (TPSA) is 57.7 Å². The van der Waals surface area contributed by atoms with Gasteiger partial charge in [0.25, 0.3) is 0 Å². The van der Waals surface area contributed by atoms with Crippen LogP contribution in [0.1, 0.15) is 62.1 Å². The van der Waals surface area contributed by atoms with Crippen LogP contribution < -0.4 is 0 Å². The molecule has 3 aliphatic carbocycles. The molecule has 1 aliphatic heterocycles. The van der Waals surface area contributed by atoms with Crippen molar-refractivity contribution in [2.45, 2.75) is 68.7 Å². The summed E-state index contributed by atoms with van der Waals surface area (Å²) in [5.41, 5.74) is 2.47. The average Bonchev–Trinajstić information content (AvgIpc) is 3.12. The molecule has 1 unspecified atom stereocenters. The zero-order chi connectivity index (χ0) is 18.6. The predicted molar refractivity (Wildman–Crippen MR) is 104 cm³/mol. The van der Waals surface area contributed by atoms with Crippen molar-refractivity contribution in [3.63, 3.8) is 0 Å². The number of rotatable bonds is 5. The summed E-state index contributed by atoms with van der Waals surface area (Å²) in [6.45, 7) is 0.768. The highest BCUT2D eigenvalue weighted by atomic mass is 32.2. The fourth-order valence-corrected chi connectivity index (χ4v) is 7.46. The van der Waals surface area contributed by atoms with Crippen molar-refractivity contribution < 1.29 is 13.2 Å². The van der Waals surface area contributed by atoms with Crippen LogP contribution in [0.5, 0.6) is 0 Å². The first-order valence-corrected chi connectivity index (χ1v) is 11.9. The molecule has 1 atom stereocenters. The maximum absolute atomic E-state index is 13.5. The van der Waals surface area contributed by atoms with Crippen LogP contribution in [0.4, 0.5) is 0 Å². The van der Waals surface area contributed by atoms with E-state index in [9.17, 15) is 13.2 Å². The molecular formula is C21H28N2O3S. The number of amides is 1. The second-order valence-electron chi connectivity index (χ2n) is 8.71. The molecule has 27 heavy (non-hydrogen) atoms. The smallest absolute Gasteiger partial charge is 0.225 e. The summed E-state index contributed by atoms with van der Waals surface area (Å²) in [5.74, 6) is 0.318. The van der Waals surface area contributed by atoms with E-state index in [2.05, 4.69) is 12.1 Å². The van der Waals surface area contributed by atoms with Gasteiger partial charge in [0.15, 0.2) is 0 Å². The Morgan fingerprint density at radius 3 is 2.41 bits per heavy atom. The lowest BCUT2D eigenvalue weighted by molar-refractivity contribution is -0.138. The first kappa shape index (κ1) is 17.7. The first-order chi connectivity index (χ1) is 13.1. The van der Waals surface area contributed by atoms with Crippen molar-refractivity contribution in [2.24, 2.45) is 5.92 Å². The van der Waals surface area contributed by atoms with Gasteiger partial charge in [-0.3, -0.25) is 4.79 Å². The lowest BCUT2D eigenvalue weighted by atomic mass is 10.0. The van der Waals surface area contributed by atoms with E-state index in [-0.39, 0.29) is 23.9 Å². The highest BCUT2D eigenvalue weighted by molar-refractivity contribution is 7.89. The van der Waals surface area contributed by atoms with Crippen molar-refractivity contribution in [1.82, 2.24) is 9.21 Å². The van der Waals surface area contributed by atoms with E-state index in [0.717, 1.165) is 51.4 Å². The van der Waals surface area contributed by atoms with Gasteiger partial charge in [0.2, 0.25) is 15.9 Å². The van der Waals surface area contributed by atoms with E-state index in [1.165, 1.54) is 11.1 Å². The van der Waals surface area contributed by atoms with Crippen LogP contribution in [0, 0.1) is 5.92 Å². The number of fused-ring (bicyclic) bond motifs is 1. The third-order valence-corrected chi connectivity index (χ3v) is 9.18. The van der Waals surface area contributed by atoms with Crippen molar-refractivity contribution in [2.75, 3.05) is 13.1 Å². The van der Waals surface area contributed by atoms with Crippen LogP contribution in [0.2, 0.25) is 0 Å². The Bertz CT molecular complexity index is 837. The van der Waals surface area contributed by atoms with Gasteiger partial charge in [0.05, 0.1) is 6.04 Å². The highest BCUT2D eigenvalue weighted by Crippen LogP contribution is 2.45. The number of carbonyl (C=O) groups excluding carboxylic acids is 1. The summed E-state index contributed by atoms with van der Waals surface area (Å²) in [4.78, 5) is 14.3. The Kier molecular flexibility index (Phi) is 4.32. The second-order valence-corrected chi connectivity index (χ2v) is 10.8. The number of sulfonamides is 1. The van der Waals surface area contributed by atoms with E-state index >= 15 is 0 Å². The summed E-state index contributed by atoms with van der Waals surface area (Å²) in [7, 11) is -3.38. The van der Waals surface area contributed by atoms with Gasteiger partial charge < -0.3 is 4.90 Å². The van der Waals surface area contributed by atoms with Gasteiger partial charge in [-0.25, -0.2) is 8.42 Å². The summed E-state index contributed by atoms with van der Waals surface area (Å²) in [6, 6.07) is 8.41. The molecule has 5 rings (SSSR count). The molecule has 0 aromatic heterocycles.